The number of fused-ring (bicyclic) bond motifs is 2. The monoisotopic (exact) mass is 355 g/mol. The number of nitrogens with zero attached hydrogens (tertiary/aromatic N) is 2. The summed E-state index contributed by atoms with van der Waals surface area (Å²) in [5.74, 6) is 0.510. The fourth-order valence-corrected chi connectivity index (χ4v) is 3.92. The van der Waals surface area contributed by atoms with E-state index < -0.39 is 15.9 Å². The highest BCUT2D eigenvalue weighted by Gasteiger charge is 2.31. The topological polar surface area (TPSA) is 92.2 Å². The Kier molecular flexibility index (Phi) is 3.70. The summed E-state index contributed by atoms with van der Waals surface area (Å²) in [4.78, 5) is 8.68. The summed E-state index contributed by atoms with van der Waals surface area (Å²) in [5, 5.41) is 14.3. The van der Waals surface area contributed by atoms with Gasteiger partial charge in [0.25, 0.3) is 0 Å². The molecule has 1 heterocycles. The van der Waals surface area contributed by atoms with Gasteiger partial charge in [0.05, 0.1) is 22.6 Å². The third kappa shape index (κ3) is 2.85. The Balaban J connectivity index is 1.80. The molecule has 1 aromatic heterocycles. The molecule has 128 valence electrons. The molecule has 25 heavy (non-hydrogen) atoms. The van der Waals surface area contributed by atoms with Crippen LogP contribution in [0.5, 0.6) is 0 Å². The van der Waals surface area contributed by atoms with Crippen LogP contribution in [-0.2, 0) is 16.3 Å². The van der Waals surface area contributed by atoms with Gasteiger partial charge < -0.3 is 10.4 Å². The van der Waals surface area contributed by atoms with Crippen LogP contribution in [0.3, 0.4) is 0 Å². The molecule has 2 aromatic carbocycles. The highest BCUT2D eigenvalue weighted by Crippen LogP contribution is 2.35. The first kappa shape index (κ1) is 16.0. The van der Waals surface area contributed by atoms with E-state index >= 15 is 0 Å². The SMILES string of the molecule is CS(=O)(=O)c1ccc2ncnc(N[C@@H]3c4ccccc4C[C@@H]3O)c2c1. The average Bonchev–Trinajstić information content (AvgIpc) is 2.90. The molecule has 7 heteroatoms. The van der Waals surface area contributed by atoms with Crippen molar-refractivity contribution in [1.29, 1.82) is 0 Å². The van der Waals surface area contributed by atoms with Crippen molar-refractivity contribution in [1.82, 2.24) is 9.97 Å². The number of hydrogen-bond acceptors (Lipinski definition) is 6. The van der Waals surface area contributed by atoms with E-state index in [0.29, 0.717) is 23.1 Å². The lowest BCUT2D eigenvalue weighted by Gasteiger charge is -2.19. The average molecular weight is 355 g/mol. The van der Waals surface area contributed by atoms with Crippen molar-refractivity contribution in [3.05, 3.63) is 59.9 Å². The third-order valence-electron chi connectivity index (χ3n) is 4.53. The lowest BCUT2D eigenvalue weighted by Crippen LogP contribution is -2.21. The van der Waals surface area contributed by atoms with E-state index in [1.54, 1.807) is 12.1 Å². The molecular formula is C18H17N3O3S. The molecule has 0 saturated carbocycles. The molecule has 0 spiro atoms. The first-order valence-electron chi connectivity index (χ1n) is 7.91. The molecule has 2 atom stereocenters. The van der Waals surface area contributed by atoms with Gasteiger partial charge in [-0.15, -0.1) is 0 Å². The van der Waals surface area contributed by atoms with E-state index in [-0.39, 0.29) is 10.9 Å². The van der Waals surface area contributed by atoms with E-state index in [1.807, 2.05) is 24.3 Å². The minimum atomic E-state index is -3.33. The van der Waals surface area contributed by atoms with Crippen molar-refractivity contribution in [2.75, 3.05) is 11.6 Å². The smallest absolute Gasteiger partial charge is 0.175 e. The summed E-state index contributed by atoms with van der Waals surface area (Å²) in [6.07, 6.45) is 2.60. The molecule has 0 bridgehead atoms. The summed E-state index contributed by atoms with van der Waals surface area (Å²) in [7, 11) is -3.33. The molecule has 0 amide bonds. The lowest BCUT2D eigenvalue weighted by atomic mass is 10.1. The van der Waals surface area contributed by atoms with Crippen molar-refractivity contribution in [3.63, 3.8) is 0 Å². The molecule has 4 rings (SSSR count). The van der Waals surface area contributed by atoms with E-state index in [0.717, 1.165) is 11.1 Å². The number of anilines is 1. The summed E-state index contributed by atoms with van der Waals surface area (Å²) >= 11 is 0. The van der Waals surface area contributed by atoms with Crippen molar-refractivity contribution in [2.45, 2.75) is 23.5 Å². The predicted molar refractivity (Wildman–Crippen MR) is 95.2 cm³/mol. The van der Waals surface area contributed by atoms with Crippen LogP contribution in [0.4, 0.5) is 5.82 Å². The third-order valence-corrected chi connectivity index (χ3v) is 5.64. The summed E-state index contributed by atoms with van der Waals surface area (Å²) in [5.41, 5.74) is 2.77. The zero-order valence-electron chi connectivity index (χ0n) is 13.5. The van der Waals surface area contributed by atoms with Gasteiger partial charge >= 0.3 is 0 Å². The standard InChI is InChI=1S/C18H17N3O3S/c1-25(23,24)12-6-7-15-14(9-12)18(20-10-19-15)21-17-13-5-3-2-4-11(13)8-16(17)22/h2-7,9-10,16-17,22H,8H2,1H3,(H,19,20,21)/t16-,17+/m0/s1. The minimum absolute atomic E-state index is 0.213. The number of aliphatic hydroxyl groups is 1. The maximum atomic E-state index is 11.8. The highest BCUT2D eigenvalue weighted by atomic mass is 32.2. The lowest BCUT2D eigenvalue weighted by molar-refractivity contribution is 0.165. The van der Waals surface area contributed by atoms with E-state index in [2.05, 4.69) is 15.3 Å². The van der Waals surface area contributed by atoms with Gasteiger partial charge in [0.2, 0.25) is 0 Å². The van der Waals surface area contributed by atoms with Gasteiger partial charge in [-0.05, 0) is 29.3 Å². The van der Waals surface area contributed by atoms with Gasteiger partial charge in [-0.25, -0.2) is 18.4 Å². The van der Waals surface area contributed by atoms with Gasteiger partial charge in [0, 0.05) is 18.1 Å². The number of rotatable bonds is 3. The van der Waals surface area contributed by atoms with Crippen LogP contribution in [0.15, 0.2) is 53.7 Å². The molecular weight excluding hydrogens is 338 g/mol. The highest BCUT2D eigenvalue weighted by molar-refractivity contribution is 7.90. The molecule has 0 aliphatic heterocycles. The van der Waals surface area contributed by atoms with E-state index in [4.69, 9.17) is 0 Å². The van der Waals surface area contributed by atoms with Crippen LogP contribution in [0.25, 0.3) is 10.9 Å². The molecule has 0 radical (unpaired) electrons. The second kappa shape index (κ2) is 5.79. The number of benzene rings is 2. The van der Waals surface area contributed by atoms with Crippen LogP contribution >= 0.6 is 0 Å². The summed E-state index contributed by atoms with van der Waals surface area (Å²) in [6, 6.07) is 12.3. The van der Waals surface area contributed by atoms with Crippen LogP contribution in [0.2, 0.25) is 0 Å². The van der Waals surface area contributed by atoms with Gasteiger partial charge in [-0.3, -0.25) is 0 Å². The number of sulfone groups is 1. The fraction of sp³-hybridized carbons (Fsp3) is 0.222. The molecule has 1 aliphatic carbocycles. The zero-order chi connectivity index (χ0) is 17.6. The van der Waals surface area contributed by atoms with Crippen LogP contribution in [0.1, 0.15) is 17.2 Å². The molecule has 0 saturated heterocycles. The van der Waals surface area contributed by atoms with Crippen molar-refractivity contribution < 1.29 is 13.5 Å². The van der Waals surface area contributed by atoms with Crippen molar-refractivity contribution >= 4 is 26.6 Å². The van der Waals surface area contributed by atoms with Crippen LogP contribution < -0.4 is 5.32 Å². The van der Waals surface area contributed by atoms with Gasteiger partial charge in [0.15, 0.2) is 9.84 Å². The summed E-state index contributed by atoms with van der Waals surface area (Å²) in [6.45, 7) is 0. The Morgan fingerprint density at radius 2 is 1.96 bits per heavy atom. The molecule has 0 fully saturated rings. The Bertz CT molecular complexity index is 1070. The quantitative estimate of drug-likeness (QED) is 0.747. The Labute approximate surface area is 145 Å². The summed E-state index contributed by atoms with van der Waals surface area (Å²) < 4.78 is 23.7. The fourth-order valence-electron chi connectivity index (χ4n) is 3.28. The van der Waals surface area contributed by atoms with Crippen molar-refractivity contribution in [3.8, 4) is 0 Å². The minimum Gasteiger partial charge on any atom is -0.390 e. The zero-order valence-corrected chi connectivity index (χ0v) is 14.4. The Morgan fingerprint density at radius 3 is 2.76 bits per heavy atom. The van der Waals surface area contributed by atoms with Gasteiger partial charge in [0.1, 0.15) is 12.1 Å². The second-order valence-electron chi connectivity index (χ2n) is 6.27. The molecule has 0 unspecified atom stereocenters. The molecule has 6 nitrogen and oxygen atoms in total. The number of nitrogens with one attached hydrogen (secondary N) is 1. The van der Waals surface area contributed by atoms with E-state index in [1.165, 1.54) is 18.6 Å². The number of aromatic nitrogens is 2. The Hall–Kier alpha value is -2.51. The number of hydrogen-bond donors (Lipinski definition) is 2. The van der Waals surface area contributed by atoms with E-state index in [9.17, 15) is 13.5 Å². The second-order valence-corrected chi connectivity index (χ2v) is 8.28. The van der Waals surface area contributed by atoms with Gasteiger partial charge in [-0.1, -0.05) is 24.3 Å². The predicted octanol–water partition coefficient (Wildman–Crippen LogP) is 2.10. The van der Waals surface area contributed by atoms with Gasteiger partial charge in [-0.2, -0.15) is 0 Å². The first-order chi connectivity index (χ1) is 11.9. The number of aliphatic hydroxyl groups excluding tert-OH is 1. The maximum Gasteiger partial charge on any atom is 0.175 e. The van der Waals surface area contributed by atoms with Crippen LogP contribution in [0, 0.1) is 0 Å². The van der Waals surface area contributed by atoms with Crippen LogP contribution in [-0.4, -0.2) is 35.9 Å². The molecule has 3 aromatic rings. The molecule has 1 aliphatic rings. The normalized spacial score (nSPS) is 19.8. The maximum absolute atomic E-state index is 11.8. The first-order valence-corrected chi connectivity index (χ1v) is 9.80. The molecule has 2 N–H and O–H groups in total. The largest absolute Gasteiger partial charge is 0.390 e. The van der Waals surface area contributed by atoms with Crippen molar-refractivity contribution in [2.24, 2.45) is 0 Å². The Morgan fingerprint density at radius 1 is 1.16 bits per heavy atom.